The summed E-state index contributed by atoms with van der Waals surface area (Å²) in [5, 5.41) is 6.61. The van der Waals surface area contributed by atoms with Crippen LogP contribution in [0.25, 0.3) is 0 Å². The number of rotatable bonds is 9. The lowest BCUT2D eigenvalue weighted by Crippen LogP contribution is -2.46. The molecule has 186 valence electrons. The molecule has 0 atom stereocenters. The van der Waals surface area contributed by atoms with E-state index in [1.54, 1.807) is 12.1 Å². The van der Waals surface area contributed by atoms with Gasteiger partial charge in [-0.3, -0.25) is 4.79 Å². The molecule has 0 radical (unpaired) electrons. The Morgan fingerprint density at radius 3 is 2.44 bits per heavy atom. The van der Waals surface area contributed by atoms with Crippen LogP contribution in [0.1, 0.15) is 62.1 Å². The first-order chi connectivity index (χ1) is 15.9. The van der Waals surface area contributed by atoms with Crippen molar-refractivity contribution in [3.05, 3.63) is 35.7 Å². The highest BCUT2D eigenvalue weighted by molar-refractivity contribution is 7.90. The summed E-state index contributed by atoms with van der Waals surface area (Å²) < 4.78 is 23.9. The highest BCUT2D eigenvalue weighted by Crippen LogP contribution is 2.34. The van der Waals surface area contributed by atoms with Gasteiger partial charge in [-0.05, 0) is 71.3 Å². The number of carbonyl (C=O) groups is 1. The molecule has 3 rings (SSSR count). The van der Waals surface area contributed by atoms with Crippen molar-refractivity contribution in [3.8, 4) is 0 Å². The van der Waals surface area contributed by atoms with Gasteiger partial charge < -0.3 is 21.3 Å². The number of nitrogens with two attached hydrogens (primary N) is 1. The predicted octanol–water partition coefficient (Wildman–Crippen LogP) is 3.35. The summed E-state index contributed by atoms with van der Waals surface area (Å²) in [7, 11) is 0.861. The van der Waals surface area contributed by atoms with Crippen molar-refractivity contribution in [2.45, 2.75) is 68.8 Å². The SMILES string of the molecule is CCCc1nc(C(N)=O)c(Nc2cccc(S(C)(=O)=O)c2)nc1NC1CCC(C)(N(C)C)CC1. The Kier molecular flexibility index (Phi) is 7.82. The van der Waals surface area contributed by atoms with E-state index in [1.165, 1.54) is 12.1 Å². The third kappa shape index (κ3) is 6.04. The molecule has 1 aromatic carbocycles. The molecule has 0 bridgehead atoms. The minimum Gasteiger partial charge on any atom is -0.366 e. The number of nitrogens with one attached hydrogen (secondary N) is 2. The third-order valence-electron chi connectivity index (χ3n) is 6.70. The molecule has 1 heterocycles. The molecule has 0 aliphatic heterocycles. The minimum atomic E-state index is -3.38. The summed E-state index contributed by atoms with van der Waals surface area (Å²) in [4.78, 5) is 23.9. The lowest BCUT2D eigenvalue weighted by atomic mass is 9.80. The number of hydrogen-bond donors (Lipinski definition) is 3. The summed E-state index contributed by atoms with van der Waals surface area (Å²) in [5.74, 6) is 0.138. The lowest BCUT2D eigenvalue weighted by Gasteiger charge is -2.42. The molecule has 0 saturated heterocycles. The van der Waals surface area contributed by atoms with E-state index in [9.17, 15) is 13.2 Å². The van der Waals surface area contributed by atoms with Crippen LogP contribution in [0.3, 0.4) is 0 Å². The molecule has 1 amide bonds. The number of aryl methyl sites for hydroxylation is 1. The van der Waals surface area contributed by atoms with E-state index in [0.29, 0.717) is 23.6 Å². The Bertz CT molecular complexity index is 1140. The van der Waals surface area contributed by atoms with Gasteiger partial charge in [-0.2, -0.15) is 0 Å². The zero-order chi connectivity index (χ0) is 25.1. The van der Waals surface area contributed by atoms with E-state index in [2.05, 4.69) is 41.5 Å². The molecule has 0 unspecified atom stereocenters. The topological polar surface area (TPSA) is 130 Å². The number of nitrogens with zero attached hydrogens (tertiary/aromatic N) is 3. The Balaban J connectivity index is 1.93. The Morgan fingerprint density at radius 2 is 1.88 bits per heavy atom. The smallest absolute Gasteiger partial charge is 0.271 e. The van der Waals surface area contributed by atoms with Crippen LogP contribution in [-0.2, 0) is 16.3 Å². The molecular formula is C24H36N6O3S. The normalized spacial score (nSPS) is 20.8. The highest BCUT2D eigenvalue weighted by Gasteiger charge is 2.33. The second-order valence-electron chi connectivity index (χ2n) is 9.57. The Morgan fingerprint density at radius 1 is 1.21 bits per heavy atom. The highest BCUT2D eigenvalue weighted by atomic mass is 32.2. The number of primary amides is 1. The second-order valence-corrected chi connectivity index (χ2v) is 11.6. The van der Waals surface area contributed by atoms with Crippen LogP contribution in [0.15, 0.2) is 29.2 Å². The van der Waals surface area contributed by atoms with Crippen molar-refractivity contribution in [3.63, 3.8) is 0 Å². The molecule has 1 aliphatic carbocycles. The van der Waals surface area contributed by atoms with Crippen molar-refractivity contribution < 1.29 is 13.2 Å². The van der Waals surface area contributed by atoms with Crippen molar-refractivity contribution in [2.24, 2.45) is 5.73 Å². The first-order valence-electron chi connectivity index (χ1n) is 11.6. The number of carbonyl (C=O) groups excluding carboxylic acids is 1. The number of anilines is 3. The van der Waals surface area contributed by atoms with Crippen molar-refractivity contribution in [1.82, 2.24) is 14.9 Å². The molecule has 34 heavy (non-hydrogen) atoms. The maximum Gasteiger partial charge on any atom is 0.271 e. The van der Waals surface area contributed by atoms with Gasteiger partial charge in [0.15, 0.2) is 27.2 Å². The van der Waals surface area contributed by atoms with E-state index in [4.69, 9.17) is 10.7 Å². The van der Waals surface area contributed by atoms with Crippen LogP contribution < -0.4 is 16.4 Å². The Labute approximate surface area is 202 Å². The Hall–Kier alpha value is -2.72. The zero-order valence-corrected chi connectivity index (χ0v) is 21.5. The van der Waals surface area contributed by atoms with Crippen LogP contribution in [0, 0.1) is 0 Å². The van der Waals surface area contributed by atoms with Gasteiger partial charge in [-0.25, -0.2) is 18.4 Å². The van der Waals surface area contributed by atoms with Gasteiger partial charge in [0.05, 0.1) is 10.6 Å². The molecule has 9 nitrogen and oxygen atoms in total. The monoisotopic (exact) mass is 488 g/mol. The standard InChI is InChI=1S/C24H36N6O3S/c1-6-8-19-22(26-16-11-13-24(2,14-12-16)30(3)4)29-23(20(28-19)21(25)31)27-17-9-7-10-18(15-17)34(5,32)33/h7,9-10,15-16H,6,8,11-14H2,1-5H3,(H2,25,31)(H2,26,27,29). The number of sulfone groups is 1. The number of aromatic nitrogens is 2. The maximum absolute atomic E-state index is 12.2. The van der Waals surface area contributed by atoms with Crippen LogP contribution in [0.5, 0.6) is 0 Å². The summed E-state index contributed by atoms with van der Waals surface area (Å²) in [6.45, 7) is 4.33. The third-order valence-corrected chi connectivity index (χ3v) is 7.81. The fourth-order valence-corrected chi connectivity index (χ4v) is 4.89. The molecule has 10 heteroatoms. The van der Waals surface area contributed by atoms with Crippen LogP contribution in [0.2, 0.25) is 0 Å². The quantitative estimate of drug-likeness (QED) is 0.490. The fourth-order valence-electron chi connectivity index (χ4n) is 4.22. The van der Waals surface area contributed by atoms with Gasteiger partial charge in [0.25, 0.3) is 5.91 Å². The van der Waals surface area contributed by atoms with Gasteiger partial charge in [-0.15, -0.1) is 0 Å². The van der Waals surface area contributed by atoms with E-state index in [1.807, 2.05) is 6.92 Å². The second kappa shape index (κ2) is 10.3. The molecule has 1 aromatic heterocycles. The molecule has 2 aromatic rings. The molecule has 1 saturated carbocycles. The summed E-state index contributed by atoms with van der Waals surface area (Å²) in [5.41, 5.74) is 7.02. The molecule has 4 N–H and O–H groups in total. The van der Waals surface area contributed by atoms with E-state index < -0.39 is 15.7 Å². The molecular weight excluding hydrogens is 452 g/mol. The molecule has 1 fully saturated rings. The van der Waals surface area contributed by atoms with Gasteiger partial charge in [0, 0.05) is 23.5 Å². The summed E-state index contributed by atoms with van der Waals surface area (Å²) >= 11 is 0. The van der Waals surface area contributed by atoms with Crippen LogP contribution in [0.4, 0.5) is 17.3 Å². The van der Waals surface area contributed by atoms with Gasteiger partial charge >= 0.3 is 0 Å². The van der Waals surface area contributed by atoms with E-state index >= 15 is 0 Å². The number of benzene rings is 1. The summed E-state index contributed by atoms with van der Waals surface area (Å²) in [6.07, 6.45) is 6.77. The van der Waals surface area contributed by atoms with Crippen LogP contribution in [-0.4, -0.2) is 61.1 Å². The van der Waals surface area contributed by atoms with Crippen molar-refractivity contribution >= 4 is 33.1 Å². The van der Waals surface area contributed by atoms with Crippen molar-refractivity contribution in [2.75, 3.05) is 31.0 Å². The van der Waals surface area contributed by atoms with E-state index in [0.717, 1.165) is 38.4 Å². The predicted molar refractivity (Wildman–Crippen MR) is 135 cm³/mol. The largest absolute Gasteiger partial charge is 0.366 e. The molecule has 0 spiro atoms. The van der Waals surface area contributed by atoms with Crippen LogP contribution >= 0.6 is 0 Å². The number of amides is 1. The minimum absolute atomic E-state index is 0.0302. The fraction of sp³-hybridized carbons (Fsp3) is 0.542. The maximum atomic E-state index is 12.2. The first kappa shape index (κ1) is 25.9. The van der Waals surface area contributed by atoms with Gasteiger partial charge in [0.1, 0.15) is 0 Å². The van der Waals surface area contributed by atoms with Gasteiger partial charge in [-0.1, -0.05) is 19.4 Å². The average molecular weight is 489 g/mol. The van der Waals surface area contributed by atoms with Gasteiger partial charge in [0.2, 0.25) is 0 Å². The molecule has 1 aliphatic rings. The van der Waals surface area contributed by atoms with Crippen molar-refractivity contribution in [1.29, 1.82) is 0 Å². The number of hydrogen-bond acceptors (Lipinski definition) is 8. The first-order valence-corrected chi connectivity index (χ1v) is 13.5. The average Bonchev–Trinajstić information content (AvgIpc) is 2.76. The van der Waals surface area contributed by atoms with E-state index in [-0.39, 0.29) is 28.0 Å². The zero-order valence-electron chi connectivity index (χ0n) is 20.7. The summed E-state index contributed by atoms with van der Waals surface area (Å²) in [6, 6.07) is 6.60. The lowest BCUT2D eigenvalue weighted by molar-refractivity contribution is 0.0996.